The minimum absolute atomic E-state index is 0.124. The van der Waals surface area contributed by atoms with Gasteiger partial charge in [-0.15, -0.1) is 0 Å². The molecule has 1 atom stereocenters. The molecule has 3 heteroatoms. The van der Waals surface area contributed by atoms with Gasteiger partial charge in [0.05, 0.1) is 7.11 Å². The van der Waals surface area contributed by atoms with Gasteiger partial charge in [-0.2, -0.15) is 0 Å². The summed E-state index contributed by atoms with van der Waals surface area (Å²) in [4.78, 5) is 0. The number of hydrogen-bond donors (Lipinski definition) is 2. The van der Waals surface area contributed by atoms with E-state index >= 15 is 0 Å². The van der Waals surface area contributed by atoms with Crippen molar-refractivity contribution in [3.63, 3.8) is 0 Å². The number of phenolic OH excluding ortho intramolecular Hbond substituents is 1. The highest BCUT2D eigenvalue weighted by molar-refractivity contribution is 5.34. The predicted molar refractivity (Wildman–Crippen MR) is 79.1 cm³/mol. The van der Waals surface area contributed by atoms with Crippen molar-refractivity contribution in [2.75, 3.05) is 13.7 Å². The van der Waals surface area contributed by atoms with Crippen molar-refractivity contribution in [1.29, 1.82) is 0 Å². The third-order valence-corrected chi connectivity index (χ3v) is 3.42. The van der Waals surface area contributed by atoms with Crippen LogP contribution in [-0.4, -0.2) is 23.9 Å². The number of ether oxygens (including phenoxy) is 1. The Kier molecular flexibility index (Phi) is 5.02. The molecule has 0 spiro atoms. The second kappa shape index (κ2) is 6.96. The SMILES string of the molecule is COc1ccccc1CC(CO)Cc1ccc(O)cc1. The van der Waals surface area contributed by atoms with E-state index in [0.29, 0.717) is 0 Å². The zero-order chi connectivity index (χ0) is 14.4. The van der Waals surface area contributed by atoms with Crippen molar-refractivity contribution in [3.8, 4) is 11.5 Å². The summed E-state index contributed by atoms with van der Waals surface area (Å²) in [6.45, 7) is 0.124. The van der Waals surface area contributed by atoms with Gasteiger partial charge in [0.25, 0.3) is 0 Å². The maximum atomic E-state index is 9.58. The summed E-state index contributed by atoms with van der Waals surface area (Å²) in [5.41, 5.74) is 2.21. The van der Waals surface area contributed by atoms with Crippen molar-refractivity contribution >= 4 is 0 Å². The van der Waals surface area contributed by atoms with E-state index in [1.165, 1.54) is 0 Å². The van der Waals surface area contributed by atoms with E-state index in [9.17, 15) is 10.2 Å². The van der Waals surface area contributed by atoms with Crippen molar-refractivity contribution < 1.29 is 14.9 Å². The first-order valence-electron chi connectivity index (χ1n) is 6.73. The van der Waals surface area contributed by atoms with Crippen LogP contribution < -0.4 is 4.74 Å². The van der Waals surface area contributed by atoms with Crippen LogP contribution in [0.25, 0.3) is 0 Å². The van der Waals surface area contributed by atoms with Crippen molar-refractivity contribution in [1.82, 2.24) is 0 Å². The number of methoxy groups -OCH3 is 1. The molecule has 2 aromatic carbocycles. The van der Waals surface area contributed by atoms with Crippen LogP contribution in [0.1, 0.15) is 11.1 Å². The summed E-state index contributed by atoms with van der Waals surface area (Å²) in [6.07, 6.45) is 1.54. The fraction of sp³-hybridized carbons (Fsp3) is 0.294. The lowest BCUT2D eigenvalue weighted by molar-refractivity contribution is 0.224. The van der Waals surface area contributed by atoms with E-state index in [4.69, 9.17) is 4.74 Å². The standard InChI is InChI=1S/C17H20O3/c1-20-17-5-3-2-4-15(17)11-14(12-18)10-13-6-8-16(19)9-7-13/h2-9,14,18-19H,10-12H2,1H3. The molecule has 0 radical (unpaired) electrons. The molecule has 0 aromatic heterocycles. The Hall–Kier alpha value is -2.00. The molecule has 0 saturated carbocycles. The summed E-state index contributed by atoms with van der Waals surface area (Å²) in [7, 11) is 1.66. The monoisotopic (exact) mass is 272 g/mol. The summed E-state index contributed by atoms with van der Waals surface area (Å²) < 4.78 is 5.34. The molecule has 2 N–H and O–H groups in total. The van der Waals surface area contributed by atoms with Gasteiger partial charge in [-0.3, -0.25) is 0 Å². The highest BCUT2D eigenvalue weighted by Gasteiger charge is 2.12. The van der Waals surface area contributed by atoms with Crippen molar-refractivity contribution in [3.05, 3.63) is 59.7 Å². The van der Waals surface area contributed by atoms with Gasteiger partial charge in [-0.25, -0.2) is 0 Å². The van der Waals surface area contributed by atoms with E-state index < -0.39 is 0 Å². The van der Waals surface area contributed by atoms with Gasteiger partial charge in [-0.05, 0) is 48.1 Å². The molecule has 0 saturated heterocycles. The van der Waals surface area contributed by atoms with Gasteiger partial charge in [0.15, 0.2) is 0 Å². The van der Waals surface area contributed by atoms with E-state index in [1.807, 2.05) is 36.4 Å². The number of para-hydroxylation sites is 1. The average Bonchev–Trinajstić information content (AvgIpc) is 2.49. The molecule has 0 aliphatic heterocycles. The molecule has 20 heavy (non-hydrogen) atoms. The second-order valence-electron chi connectivity index (χ2n) is 4.94. The molecule has 2 rings (SSSR count). The molecule has 0 aliphatic rings. The first-order valence-corrected chi connectivity index (χ1v) is 6.73. The Morgan fingerprint density at radius 3 is 2.35 bits per heavy atom. The molecule has 0 fully saturated rings. The van der Waals surface area contributed by atoms with Crippen molar-refractivity contribution in [2.45, 2.75) is 12.8 Å². The minimum atomic E-state index is 0.124. The van der Waals surface area contributed by atoms with Gasteiger partial charge in [0.2, 0.25) is 0 Å². The number of aliphatic hydroxyl groups is 1. The van der Waals surface area contributed by atoms with Gasteiger partial charge in [0.1, 0.15) is 11.5 Å². The molecule has 0 bridgehead atoms. The number of aliphatic hydroxyl groups excluding tert-OH is 1. The van der Waals surface area contributed by atoms with Gasteiger partial charge >= 0.3 is 0 Å². The second-order valence-corrected chi connectivity index (χ2v) is 4.94. The van der Waals surface area contributed by atoms with E-state index in [0.717, 1.165) is 29.7 Å². The molecule has 106 valence electrons. The highest BCUT2D eigenvalue weighted by Crippen LogP contribution is 2.23. The number of hydrogen-bond acceptors (Lipinski definition) is 3. The van der Waals surface area contributed by atoms with Crippen LogP contribution >= 0.6 is 0 Å². The average molecular weight is 272 g/mol. The molecular formula is C17H20O3. The Morgan fingerprint density at radius 1 is 1.00 bits per heavy atom. The topological polar surface area (TPSA) is 49.7 Å². The van der Waals surface area contributed by atoms with Crippen LogP contribution in [0.4, 0.5) is 0 Å². The fourth-order valence-corrected chi connectivity index (χ4v) is 2.35. The molecule has 0 aliphatic carbocycles. The number of benzene rings is 2. The zero-order valence-electron chi connectivity index (χ0n) is 11.6. The van der Waals surface area contributed by atoms with Crippen LogP contribution in [0.5, 0.6) is 11.5 Å². The fourth-order valence-electron chi connectivity index (χ4n) is 2.35. The van der Waals surface area contributed by atoms with Gasteiger partial charge in [-0.1, -0.05) is 30.3 Å². The molecule has 0 amide bonds. The minimum Gasteiger partial charge on any atom is -0.508 e. The quantitative estimate of drug-likeness (QED) is 0.850. The van der Waals surface area contributed by atoms with E-state index in [1.54, 1.807) is 19.2 Å². The summed E-state index contributed by atoms with van der Waals surface area (Å²) >= 11 is 0. The van der Waals surface area contributed by atoms with Crippen LogP contribution in [-0.2, 0) is 12.8 Å². The van der Waals surface area contributed by atoms with Crippen LogP contribution in [0.3, 0.4) is 0 Å². The highest BCUT2D eigenvalue weighted by atomic mass is 16.5. The zero-order valence-corrected chi connectivity index (χ0v) is 11.6. The van der Waals surface area contributed by atoms with Crippen LogP contribution in [0.2, 0.25) is 0 Å². The normalized spacial score (nSPS) is 12.1. The van der Waals surface area contributed by atoms with Crippen molar-refractivity contribution in [2.24, 2.45) is 5.92 Å². The first kappa shape index (κ1) is 14.4. The lowest BCUT2D eigenvalue weighted by Crippen LogP contribution is -2.13. The Morgan fingerprint density at radius 2 is 1.70 bits per heavy atom. The summed E-state index contributed by atoms with van der Waals surface area (Å²) in [5.74, 6) is 1.26. The maximum Gasteiger partial charge on any atom is 0.122 e. The van der Waals surface area contributed by atoms with E-state index in [-0.39, 0.29) is 18.3 Å². The maximum absolute atomic E-state index is 9.58. The molecule has 2 aromatic rings. The van der Waals surface area contributed by atoms with Gasteiger partial charge < -0.3 is 14.9 Å². The predicted octanol–water partition coefficient (Wildman–Crippen LogP) is 2.79. The van der Waals surface area contributed by atoms with Crippen LogP contribution in [0.15, 0.2) is 48.5 Å². The van der Waals surface area contributed by atoms with Crippen LogP contribution in [0, 0.1) is 5.92 Å². The third kappa shape index (κ3) is 3.75. The number of rotatable bonds is 6. The Labute approximate surface area is 119 Å². The van der Waals surface area contributed by atoms with Gasteiger partial charge in [0, 0.05) is 6.61 Å². The Balaban J connectivity index is 2.07. The molecule has 1 unspecified atom stereocenters. The smallest absolute Gasteiger partial charge is 0.122 e. The lowest BCUT2D eigenvalue weighted by Gasteiger charge is -2.16. The molecular weight excluding hydrogens is 252 g/mol. The third-order valence-electron chi connectivity index (χ3n) is 3.42. The van der Waals surface area contributed by atoms with E-state index in [2.05, 4.69) is 0 Å². The largest absolute Gasteiger partial charge is 0.508 e. The number of phenols is 1. The summed E-state index contributed by atoms with van der Waals surface area (Å²) in [6, 6.07) is 15.0. The molecule has 3 nitrogen and oxygen atoms in total. The lowest BCUT2D eigenvalue weighted by atomic mass is 9.93. The number of aromatic hydroxyl groups is 1. The molecule has 0 heterocycles. The summed E-state index contributed by atoms with van der Waals surface area (Å²) in [5, 5.41) is 18.9. The first-order chi connectivity index (χ1) is 9.72. The Bertz CT molecular complexity index is 534.